The van der Waals surface area contributed by atoms with Crippen LogP contribution in [0.1, 0.15) is 23.1 Å². The van der Waals surface area contributed by atoms with Crippen LogP contribution in [0, 0.1) is 13.8 Å². The molecule has 1 aromatic heterocycles. The Bertz CT molecular complexity index is 319. The fraction of sp³-hybridized carbons (Fsp3) is 0.636. The molecule has 0 amide bonds. The van der Waals surface area contributed by atoms with Crippen LogP contribution in [-0.4, -0.2) is 31.6 Å². The third kappa shape index (κ3) is 1.70. The quantitative estimate of drug-likeness (QED) is 0.734. The van der Waals surface area contributed by atoms with Gasteiger partial charge >= 0.3 is 0 Å². The van der Waals surface area contributed by atoms with Crippen LogP contribution in [-0.2, 0) is 0 Å². The molecule has 0 aliphatic carbocycles. The topological polar surface area (TPSA) is 28.4 Å². The van der Waals surface area contributed by atoms with E-state index in [0.29, 0.717) is 6.04 Å². The number of aryl methyl sites for hydroxylation is 2. The van der Waals surface area contributed by atoms with Gasteiger partial charge < -0.3 is 9.73 Å². The highest BCUT2D eigenvalue weighted by Gasteiger charge is 2.23. The zero-order valence-corrected chi connectivity index (χ0v) is 9.13. The summed E-state index contributed by atoms with van der Waals surface area (Å²) in [6.07, 6.45) is 0. The van der Waals surface area contributed by atoms with Gasteiger partial charge in [0.05, 0.1) is 6.04 Å². The second kappa shape index (κ2) is 3.75. The van der Waals surface area contributed by atoms with Crippen LogP contribution >= 0.6 is 0 Å². The molecule has 2 rings (SSSR count). The van der Waals surface area contributed by atoms with Crippen LogP contribution < -0.4 is 5.32 Å². The first-order chi connectivity index (χ1) is 6.68. The van der Waals surface area contributed by atoms with E-state index < -0.39 is 0 Å². The minimum absolute atomic E-state index is 0.473. The van der Waals surface area contributed by atoms with Crippen LogP contribution in [0.15, 0.2) is 10.5 Å². The fourth-order valence-corrected chi connectivity index (χ4v) is 2.13. The van der Waals surface area contributed by atoms with Crippen molar-refractivity contribution in [1.82, 2.24) is 10.2 Å². The van der Waals surface area contributed by atoms with Crippen molar-refractivity contribution >= 4 is 0 Å². The number of furan rings is 1. The Morgan fingerprint density at radius 1 is 1.50 bits per heavy atom. The van der Waals surface area contributed by atoms with Crippen molar-refractivity contribution in [3.05, 3.63) is 23.2 Å². The van der Waals surface area contributed by atoms with E-state index in [1.54, 1.807) is 0 Å². The van der Waals surface area contributed by atoms with Gasteiger partial charge in [0.2, 0.25) is 0 Å². The summed E-state index contributed by atoms with van der Waals surface area (Å²) >= 11 is 0. The molecule has 3 nitrogen and oxygen atoms in total. The SMILES string of the molecule is Cc1cc(C2CNCCN2C)c(C)o1. The molecule has 0 spiro atoms. The molecule has 1 unspecified atom stereocenters. The van der Waals surface area contributed by atoms with Crippen LogP contribution in [0.3, 0.4) is 0 Å². The molecule has 1 aliphatic rings. The van der Waals surface area contributed by atoms with Crippen LogP contribution in [0.5, 0.6) is 0 Å². The van der Waals surface area contributed by atoms with E-state index in [1.165, 1.54) is 5.56 Å². The summed E-state index contributed by atoms with van der Waals surface area (Å²) in [5.41, 5.74) is 1.33. The third-order valence-electron chi connectivity index (χ3n) is 2.95. The maximum atomic E-state index is 5.56. The second-order valence-corrected chi connectivity index (χ2v) is 4.07. The first kappa shape index (κ1) is 9.74. The lowest BCUT2D eigenvalue weighted by atomic mass is 10.0. The Hall–Kier alpha value is -0.800. The Kier molecular flexibility index (Phi) is 2.61. The molecule has 3 heteroatoms. The molecule has 78 valence electrons. The van der Waals surface area contributed by atoms with Gasteiger partial charge in [-0.1, -0.05) is 0 Å². The molecular formula is C11H18N2O. The van der Waals surface area contributed by atoms with Crippen LogP contribution in [0.4, 0.5) is 0 Å². The summed E-state index contributed by atoms with van der Waals surface area (Å²) in [5, 5.41) is 3.42. The number of hydrogen-bond donors (Lipinski definition) is 1. The minimum atomic E-state index is 0.473. The Balaban J connectivity index is 2.24. The first-order valence-corrected chi connectivity index (χ1v) is 5.16. The van der Waals surface area contributed by atoms with Crippen molar-refractivity contribution in [1.29, 1.82) is 0 Å². The van der Waals surface area contributed by atoms with Gasteiger partial charge in [0, 0.05) is 25.2 Å². The van der Waals surface area contributed by atoms with Crippen LogP contribution in [0.2, 0.25) is 0 Å². The minimum Gasteiger partial charge on any atom is -0.466 e. The fourth-order valence-electron chi connectivity index (χ4n) is 2.13. The lowest BCUT2D eigenvalue weighted by Gasteiger charge is -2.32. The molecule has 0 saturated carbocycles. The van der Waals surface area contributed by atoms with E-state index in [0.717, 1.165) is 31.2 Å². The summed E-state index contributed by atoms with van der Waals surface area (Å²) in [6, 6.07) is 2.63. The van der Waals surface area contributed by atoms with Gasteiger partial charge in [0.1, 0.15) is 11.5 Å². The molecule has 0 bridgehead atoms. The largest absolute Gasteiger partial charge is 0.466 e. The average molecular weight is 194 g/mol. The van der Waals surface area contributed by atoms with Crippen molar-refractivity contribution in [2.24, 2.45) is 0 Å². The monoisotopic (exact) mass is 194 g/mol. The molecule has 1 atom stereocenters. The number of likely N-dealkylation sites (N-methyl/N-ethyl adjacent to an activating group) is 1. The highest BCUT2D eigenvalue weighted by atomic mass is 16.3. The Labute approximate surface area is 85.1 Å². The molecule has 1 saturated heterocycles. The van der Waals surface area contributed by atoms with Gasteiger partial charge in [-0.05, 0) is 27.0 Å². The molecule has 2 heterocycles. The van der Waals surface area contributed by atoms with E-state index in [1.807, 2.05) is 13.8 Å². The van der Waals surface area contributed by atoms with Crippen LogP contribution in [0.25, 0.3) is 0 Å². The number of piperazine rings is 1. The van der Waals surface area contributed by atoms with E-state index >= 15 is 0 Å². The standard InChI is InChI=1S/C11H18N2O/c1-8-6-10(9(2)14-8)11-7-12-4-5-13(11)3/h6,11-12H,4-5,7H2,1-3H3. The predicted octanol–water partition coefficient (Wildman–Crippen LogP) is 1.47. The molecule has 1 N–H and O–H groups in total. The van der Waals surface area contributed by atoms with Gasteiger partial charge in [0.15, 0.2) is 0 Å². The van der Waals surface area contributed by atoms with Gasteiger partial charge in [-0.2, -0.15) is 0 Å². The summed E-state index contributed by atoms with van der Waals surface area (Å²) in [7, 11) is 2.17. The van der Waals surface area contributed by atoms with Gasteiger partial charge in [-0.25, -0.2) is 0 Å². The molecule has 0 radical (unpaired) electrons. The van der Waals surface area contributed by atoms with Gasteiger partial charge in [-0.15, -0.1) is 0 Å². The van der Waals surface area contributed by atoms with Crippen molar-refractivity contribution in [2.75, 3.05) is 26.7 Å². The number of nitrogens with one attached hydrogen (secondary N) is 1. The Morgan fingerprint density at radius 3 is 2.86 bits per heavy atom. The summed E-state index contributed by atoms with van der Waals surface area (Å²) in [6.45, 7) is 7.27. The van der Waals surface area contributed by atoms with E-state index in [9.17, 15) is 0 Å². The maximum Gasteiger partial charge on any atom is 0.105 e. The number of hydrogen-bond acceptors (Lipinski definition) is 3. The number of rotatable bonds is 1. The second-order valence-electron chi connectivity index (χ2n) is 4.07. The zero-order chi connectivity index (χ0) is 10.1. The van der Waals surface area contributed by atoms with Crippen molar-refractivity contribution in [3.63, 3.8) is 0 Å². The normalized spacial score (nSPS) is 24.1. The lowest BCUT2D eigenvalue weighted by molar-refractivity contribution is 0.200. The molecule has 1 fully saturated rings. The summed E-state index contributed by atoms with van der Waals surface area (Å²) < 4.78 is 5.56. The lowest BCUT2D eigenvalue weighted by Crippen LogP contribution is -2.43. The van der Waals surface area contributed by atoms with E-state index in [-0.39, 0.29) is 0 Å². The van der Waals surface area contributed by atoms with Crippen molar-refractivity contribution in [2.45, 2.75) is 19.9 Å². The highest BCUT2D eigenvalue weighted by molar-refractivity contribution is 5.24. The third-order valence-corrected chi connectivity index (χ3v) is 2.95. The Morgan fingerprint density at radius 2 is 2.29 bits per heavy atom. The summed E-state index contributed by atoms with van der Waals surface area (Å²) in [5.74, 6) is 2.07. The first-order valence-electron chi connectivity index (χ1n) is 5.16. The maximum absolute atomic E-state index is 5.56. The average Bonchev–Trinajstić information content (AvgIpc) is 2.46. The van der Waals surface area contributed by atoms with Crippen molar-refractivity contribution in [3.8, 4) is 0 Å². The van der Waals surface area contributed by atoms with Gasteiger partial charge in [0.25, 0.3) is 0 Å². The molecule has 1 aliphatic heterocycles. The van der Waals surface area contributed by atoms with E-state index in [2.05, 4.69) is 23.3 Å². The molecule has 0 aromatic carbocycles. The smallest absolute Gasteiger partial charge is 0.105 e. The van der Waals surface area contributed by atoms with Crippen molar-refractivity contribution < 1.29 is 4.42 Å². The molecule has 1 aromatic rings. The summed E-state index contributed by atoms with van der Waals surface area (Å²) in [4.78, 5) is 2.38. The predicted molar refractivity (Wildman–Crippen MR) is 56.4 cm³/mol. The van der Waals surface area contributed by atoms with Gasteiger partial charge in [-0.3, -0.25) is 4.90 Å². The zero-order valence-electron chi connectivity index (χ0n) is 9.13. The molecule has 14 heavy (non-hydrogen) atoms. The van der Waals surface area contributed by atoms with E-state index in [4.69, 9.17) is 4.42 Å². The highest BCUT2D eigenvalue weighted by Crippen LogP contribution is 2.26. The molecular weight excluding hydrogens is 176 g/mol. The number of nitrogens with zero attached hydrogens (tertiary/aromatic N) is 1.